The molecule has 1 atom stereocenters. The van der Waals surface area contributed by atoms with Crippen LogP contribution in [0.2, 0.25) is 0 Å². The van der Waals surface area contributed by atoms with Gasteiger partial charge >= 0.3 is 5.97 Å². The first kappa shape index (κ1) is 10.5. The van der Waals surface area contributed by atoms with E-state index in [9.17, 15) is 4.79 Å². The summed E-state index contributed by atoms with van der Waals surface area (Å²) in [5.74, 6) is -0.342. The average Bonchev–Trinajstić information content (AvgIpc) is 2.47. The first-order chi connectivity index (χ1) is 6.20. The van der Waals surface area contributed by atoms with Crippen LogP contribution in [-0.2, 0) is 4.74 Å². The number of ether oxygens (including phenoxy) is 1. The maximum absolute atomic E-state index is 11.3. The highest BCUT2D eigenvalue weighted by Crippen LogP contribution is 2.18. The van der Waals surface area contributed by atoms with E-state index in [4.69, 9.17) is 4.74 Å². The van der Waals surface area contributed by atoms with Gasteiger partial charge in [0.05, 0.1) is 12.8 Å². The third-order valence-electron chi connectivity index (χ3n) is 1.43. The molecule has 0 aliphatic carbocycles. The van der Waals surface area contributed by atoms with Gasteiger partial charge in [-0.05, 0) is 22.6 Å². The molecule has 0 N–H and O–H groups in total. The van der Waals surface area contributed by atoms with Crippen molar-refractivity contribution in [3.05, 3.63) is 11.9 Å². The number of imidazole rings is 1. The molecular formula is C7H11N2O2PS. The van der Waals surface area contributed by atoms with Gasteiger partial charge in [0.25, 0.3) is 0 Å². The molecule has 1 aromatic rings. The number of nitrogens with zero attached hydrogens (tertiary/aromatic N) is 2. The summed E-state index contributed by atoms with van der Waals surface area (Å²) in [4.78, 5) is 15.3. The molecule has 0 aliphatic rings. The summed E-state index contributed by atoms with van der Waals surface area (Å²) in [5, 5.41) is 0.771. The molecule has 0 amide bonds. The van der Waals surface area contributed by atoms with Crippen molar-refractivity contribution in [2.24, 2.45) is 0 Å². The second kappa shape index (κ2) is 4.63. The Morgan fingerprint density at radius 2 is 2.54 bits per heavy atom. The van der Waals surface area contributed by atoms with E-state index in [0.29, 0.717) is 12.3 Å². The molecule has 0 aliphatic heterocycles. The smallest absolute Gasteiger partial charge is 0.356 e. The molecule has 0 saturated heterocycles. The summed E-state index contributed by atoms with van der Waals surface area (Å²) < 4.78 is 6.49. The number of carbonyl (C=O) groups excluding carboxylic acids is 1. The van der Waals surface area contributed by atoms with Gasteiger partial charge in [0, 0.05) is 0 Å². The van der Waals surface area contributed by atoms with Crippen molar-refractivity contribution < 1.29 is 9.53 Å². The Labute approximate surface area is 83.3 Å². The molecule has 6 heteroatoms. The van der Waals surface area contributed by atoms with Crippen LogP contribution in [0.15, 0.2) is 11.4 Å². The van der Waals surface area contributed by atoms with E-state index in [0.717, 1.165) is 5.16 Å². The Kier molecular flexibility index (Phi) is 3.75. The summed E-state index contributed by atoms with van der Waals surface area (Å²) in [7, 11) is 2.43. The molecule has 0 radical (unpaired) electrons. The van der Waals surface area contributed by atoms with Crippen molar-refractivity contribution in [2.45, 2.75) is 12.1 Å². The summed E-state index contributed by atoms with van der Waals surface area (Å²) in [6.07, 6.45) is 3.41. The van der Waals surface area contributed by atoms with Crippen LogP contribution in [0.3, 0.4) is 0 Å². The number of esters is 1. The SMILES string of the molecule is CCOC(=O)c1cnc(SC)n1P. The molecule has 4 nitrogen and oxygen atoms in total. The number of hydrogen-bond donors (Lipinski definition) is 0. The molecule has 0 spiro atoms. The van der Waals surface area contributed by atoms with Gasteiger partial charge in [-0.2, -0.15) is 0 Å². The van der Waals surface area contributed by atoms with E-state index in [2.05, 4.69) is 14.4 Å². The van der Waals surface area contributed by atoms with Gasteiger partial charge in [-0.1, -0.05) is 11.8 Å². The van der Waals surface area contributed by atoms with Crippen LogP contribution in [0.1, 0.15) is 17.4 Å². The first-order valence-electron chi connectivity index (χ1n) is 3.74. The molecule has 1 rings (SSSR count). The Morgan fingerprint density at radius 1 is 1.85 bits per heavy atom. The molecule has 72 valence electrons. The number of carbonyl (C=O) groups is 1. The fourth-order valence-corrected chi connectivity index (χ4v) is 1.86. The summed E-state index contributed by atoms with van der Waals surface area (Å²) in [5.41, 5.74) is 0.455. The average molecular weight is 218 g/mol. The monoisotopic (exact) mass is 218 g/mol. The van der Waals surface area contributed by atoms with Crippen molar-refractivity contribution >= 4 is 27.1 Å². The van der Waals surface area contributed by atoms with Crippen LogP contribution in [0.25, 0.3) is 0 Å². The second-order valence-corrected chi connectivity index (χ2v) is 3.51. The topological polar surface area (TPSA) is 44.1 Å². The lowest BCUT2D eigenvalue weighted by molar-refractivity contribution is 0.0518. The molecule has 0 saturated carbocycles. The number of thioether (sulfide) groups is 1. The highest BCUT2D eigenvalue weighted by Gasteiger charge is 2.13. The molecular weight excluding hydrogens is 207 g/mol. The molecule has 0 aromatic carbocycles. The van der Waals surface area contributed by atoms with Crippen molar-refractivity contribution in [2.75, 3.05) is 12.9 Å². The number of hydrogen-bond acceptors (Lipinski definition) is 4. The predicted molar refractivity (Wildman–Crippen MR) is 55.1 cm³/mol. The number of aromatic nitrogens is 2. The normalized spacial score (nSPS) is 10.1. The van der Waals surface area contributed by atoms with Crippen molar-refractivity contribution in [1.82, 2.24) is 9.32 Å². The van der Waals surface area contributed by atoms with Crippen LogP contribution in [-0.4, -0.2) is 28.2 Å². The van der Waals surface area contributed by atoms with Crippen LogP contribution in [0.5, 0.6) is 0 Å². The minimum absolute atomic E-state index is 0.342. The largest absolute Gasteiger partial charge is 0.461 e. The van der Waals surface area contributed by atoms with Gasteiger partial charge < -0.3 is 4.74 Å². The second-order valence-electron chi connectivity index (χ2n) is 2.22. The number of rotatable bonds is 3. The lowest BCUT2D eigenvalue weighted by Crippen LogP contribution is -2.07. The van der Waals surface area contributed by atoms with Gasteiger partial charge in [0.2, 0.25) is 0 Å². The highest BCUT2D eigenvalue weighted by molar-refractivity contribution is 7.98. The quantitative estimate of drug-likeness (QED) is 0.437. The molecule has 1 heterocycles. The van der Waals surface area contributed by atoms with Gasteiger partial charge in [-0.25, -0.2) is 9.78 Å². The zero-order valence-electron chi connectivity index (χ0n) is 7.48. The first-order valence-corrected chi connectivity index (χ1v) is 5.48. The van der Waals surface area contributed by atoms with Crippen LogP contribution < -0.4 is 0 Å². The van der Waals surface area contributed by atoms with E-state index in [1.165, 1.54) is 18.0 Å². The van der Waals surface area contributed by atoms with Crippen molar-refractivity contribution in [1.29, 1.82) is 0 Å². The highest BCUT2D eigenvalue weighted by atomic mass is 32.2. The van der Waals surface area contributed by atoms with E-state index in [-0.39, 0.29) is 5.97 Å². The molecule has 13 heavy (non-hydrogen) atoms. The van der Waals surface area contributed by atoms with Crippen LogP contribution in [0, 0.1) is 0 Å². The zero-order chi connectivity index (χ0) is 9.84. The Bertz CT molecular complexity index is 313. The lowest BCUT2D eigenvalue weighted by Gasteiger charge is -2.02. The van der Waals surface area contributed by atoms with E-state index in [1.807, 2.05) is 6.26 Å². The van der Waals surface area contributed by atoms with Gasteiger partial charge in [0.15, 0.2) is 10.9 Å². The Balaban J connectivity index is 2.89. The van der Waals surface area contributed by atoms with Crippen LogP contribution in [0.4, 0.5) is 0 Å². The summed E-state index contributed by atoms with van der Waals surface area (Å²) in [6, 6.07) is 0. The summed E-state index contributed by atoms with van der Waals surface area (Å²) in [6.45, 7) is 2.15. The van der Waals surface area contributed by atoms with Gasteiger partial charge in [-0.15, -0.1) is 0 Å². The molecule has 0 bridgehead atoms. The Morgan fingerprint density at radius 3 is 3.00 bits per heavy atom. The van der Waals surface area contributed by atoms with Gasteiger partial charge in [0.1, 0.15) is 0 Å². The standard InChI is InChI=1S/C7H11N2O2PS/c1-3-11-6(10)5-4-8-7(13-2)9(5)12/h4H,3,12H2,1-2H3. The van der Waals surface area contributed by atoms with Gasteiger partial charge in [-0.3, -0.25) is 4.34 Å². The molecule has 1 aromatic heterocycles. The van der Waals surface area contributed by atoms with E-state index >= 15 is 0 Å². The Hall–Kier alpha value is -0.540. The minimum atomic E-state index is -0.342. The fraction of sp³-hybridized carbons (Fsp3) is 0.429. The summed E-state index contributed by atoms with van der Waals surface area (Å²) >= 11 is 1.47. The third kappa shape index (κ3) is 2.23. The van der Waals surface area contributed by atoms with Crippen molar-refractivity contribution in [3.63, 3.8) is 0 Å². The molecule has 0 fully saturated rings. The zero-order valence-corrected chi connectivity index (χ0v) is 9.45. The van der Waals surface area contributed by atoms with E-state index in [1.54, 1.807) is 11.3 Å². The fourth-order valence-electron chi connectivity index (χ4n) is 0.851. The maximum Gasteiger partial charge on any atom is 0.356 e. The molecule has 1 unspecified atom stereocenters. The van der Waals surface area contributed by atoms with Crippen molar-refractivity contribution in [3.8, 4) is 0 Å². The van der Waals surface area contributed by atoms with Crippen LogP contribution >= 0.6 is 21.2 Å². The maximum atomic E-state index is 11.3. The third-order valence-corrected chi connectivity index (χ3v) is 2.81. The minimum Gasteiger partial charge on any atom is -0.461 e. The lowest BCUT2D eigenvalue weighted by atomic mass is 10.5. The predicted octanol–water partition coefficient (Wildman–Crippen LogP) is 1.42. The van der Waals surface area contributed by atoms with E-state index < -0.39 is 0 Å².